The van der Waals surface area contributed by atoms with E-state index in [2.05, 4.69) is 35.7 Å². The molecule has 2 aromatic rings. The van der Waals surface area contributed by atoms with Crippen LogP contribution < -0.4 is 11.1 Å². The van der Waals surface area contributed by atoms with Crippen molar-refractivity contribution in [3.63, 3.8) is 0 Å². The largest absolute Gasteiger partial charge is 0.478 e. The molecule has 0 spiro atoms. The molecule has 0 heterocycles. The van der Waals surface area contributed by atoms with Gasteiger partial charge in [-0.15, -0.1) is 9.63 Å². The number of carboxylic acid groups (broad SMARTS) is 1. The molecule has 0 saturated heterocycles. The number of amides is 2. The number of aromatic carboxylic acids is 1. The molecule has 4 N–H and O–H groups in total. The van der Waals surface area contributed by atoms with Gasteiger partial charge < -0.3 is 16.2 Å². The Hall–Kier alpha value is -3.20. The first-order valence-electron chi connectivity index (χ1n) is 8.62. The highest BCUT2D eigenvalue weighted by molar-refractivity contribution is 7.97. The van der Waals surface area contributed by atoms with Gasteiger partial charge in [-0.2, -0.15) is 0 Å². The topological polar surface area (TPSA) is 134 Å². The number of nitrogens with two attached hydrogens (primary N) is 1. The van der Waals surface area contributed by atoms with Crippen molar-refractivity contribution in [3.05, 3.63) is 58.7 Å². The predicted octanol–water partition coefficient (Wildman–Crippen LogP) is 4.40. The molecule has 0 unspecified atom stereocenters. The minimum atomic E-state index is -1.29. The number of carbonyl (C=O) groups is 3. The van der Waals surface area contributed by atoms with Crippen LogP contribution in [0.2, 0.25) is 0 Å². The van der Waals surface area contributed by atoms with Crippen molar-refractivity contribution in [1.29, 1.82) is 0 Å². The maximum atomic E-state index is 12.7. The SMILES string of the molecule is CSN=Nc1cc(NC(=O)c2ccc(C(C)(C)C)cc2)c(C(N)=O)cc1C(=O)O. The van der Waals surface area contributed by atoms with Crippen LogP contribution in [0, 0.1) is 0 Å². The summed E-state index contributed by atoms with van der Waals surface area (Å²) in [6.45, 7) is 6.20. The zero-order chi connectivity index (χ0) is 21.8. The van der Waals surface area contributed by atoms with Gasteiger partial charge in [0, 0.05) is 11.8 Å². The quantitative estimate of drug-likeness (QED) is 0.476. The van der Waals surface area contributed by atoms with E-state index in [1.165, 1.54) is 6.07 Å². The second-order valence-corrected chi connectivity index (χ2v) is 7.76. The molecule has 29 heavy (non-hydrogen) atoms. The molecule has 0 aliphatic rings. The van der Waals surface area contributed by atoms with E-state index in [1.54, 1.807) is 18.4 Å². The van der Waals surface area contributed by atoms with E-state index in [-0.39, 0.29) is 27.9 Å². The van der Waals surface area contributed by atoms with Gasteiger partial charge in [0.1, 0.15) is 5.69 Å². The second kappa shape index (κ2) is 8.87. The van der Waals surface area contributed by atoms with Gasteiger partial charge in [0.05, 0.1) is 16.8 Å². The van der Waals surface area contributed by atoms with Crippen LogP contribution in [0.15, 0.2) is 46.0 Å². The number of benzene rings is 2. The fourth-order valence-corrected chi connectivity index (χ4v) is 2.72. The number of anilines is 1. The van der Waals surface area contributed by atoms with Crippen LogP contribution >= 0.6 is 11.9 Å². The van der Waals surface area contributed by atoms with Crippen LogP contribution in [-0.2, 0) is 5.41 Å². The number of primary amides is 1. The van der Waals surface area contributed by atoms with E-state index in [9.17, 15) is 19.5 Å². The Labute approximate surface area is 172 Å². The van der Waals surface area contributed by atoms with Crippen LogP contribution in [0.4, 0.5) is 11.4 Å². The van der Waals surface area contributed by atoms with E-state index in [0.29, 0.717) is 5.56 Å². The number of hydrogen-bond acceptors (Lipinski definition) is 6. The molecule has 0 atom stereocenters. The van der Waals surface area contributed by atoms with Gasteiger partial charge in [-0.1, -0.05) is 32.9 Å². The van der Waals surface area contributed by atoms with E-state index < -0.39 is 17.8 Å². The third-order valence-electron chi connectivity index (χ3n) is 4.12. The van der Waals surface area contributed by atoms with Crippen molar-refractivity contribution in [1.82, 2.24) is 0 Å². The van der Waals surface area contributed by atoms with Crippen LogP contribution in [0.5, 0.6) is 0 Å². The fourth-order valence-electron chi connectivity index (χ4n) is 2.55. The summed E-state index contributed by atoms with van der Waals surface area (Å²) in [7, 11) is 0. The molecule has 2 aromatic carbocycles. The molecular formula is C20H22N4O4S. The van der Waals surface area contributed by atoms with Gasteiger partial charge in [-0.05, 0) is 47.2 Å². The average molecular weight is 414 g/mol. The summed E-state index contributed by atoms with van der Waals surface area (Å²) in [5.74, 6) is -2.64. The summed E-state index contributed by atoms with van der Waals surface area (Å²) >= 11 is 1.03. The van der Waals surface area contributed by atoms with Gasteiger partial charge in [0.25, 0.3) is 11.8 Å². The van der Waals surface area contributed by atoms with Gasteiger partial charge in [-0.25, -0.2) is 4.79 Å². The maximum absolute atomic E-state index is 12.7. The van der Waals surface area contributed by atoms with Crippen molar-refractivity contribution in [2.24, 2.45) is 15.4 Å². The zero-order valence-corrected chi connectivity index (χ0v) is 17.3. The van der Waals surface area contributed by atoms with Gasteiger partial charge in [-0.3, -0.25) is 9.59 Å². The van der Waals surface area contributed by atoms with E-state index in [1.807, 2.05) is 12.1 Å². The van der Waals surface area contributed by atoms with Crippen molar-refractivity contribution in [2.75, 3.05) is 11.6 Å². The highest BCUT2D eigenvalue weighted by Crippen LogP contribution is 2.30. The Kier molecular flexibility index (Phi) is 6.76. The number of nitrogens with zero attached hydrogens (tertiary/aromatic N) is 2. The van der Waals surface area contributed by atoms with E-state index in [4.69, 9.17) is 5.73 Å². The van der Waals surface area contributed by atoms with Crippen LogP contribution in [0.25, 0.3) is 0 Å². The average Bonchev–Trinajstić information content (AvgIpc) is 2.65. The molecule has 0 aliphatic heterocycles. The van der Waals surface area contributed by atoms with E-state index >= 15 is 0 Å². The third-order valence-corrected chi connectivity index (χ3v) is 4.37. The lowest BCUT2D eigenvalue weighted by Gasteiger charge is -2.19. The maximum Gasteiger partial charge on any atom is 0.337 e. The van der Waals surface area contributed by atoms with Crippen molar-refractivity contribution >= 4 is 41.1 Å². The standard InChI is InChI=1S/C20H22N4O4S/c1-20(2,3)12-7-5-11(6-8-12)18(26)22-15-10-16(23-24-29-4)14(19(27)28)9-13(15)17(21)25/h5-10H,1-4H3,(H2,21,25)(H,22,26)(H,27,28). The van der Waals surface area contributed by atoms with Crippen molar-refractivity contribution < 1.29 is 19.5 Å². The third kappa shape index (κ3) is 5.41. The monoisotopic (exact) mass is 414 g/mol. The molecule has 2 rings (SSSR count). The molecule has 2 amide bonds. The van der Waals surface area contributed by atoms with Gasteiger partial charge in [0.2, 0.25) is 0 Å². The van der Waals surface area contributed by atoms with Crippen LogP contribution in [-0.4, -0.2) is 29.1 Å². The molecule has 0 bridgehead atoms. The lowest BCUT2D eigenvalue weighted by Crippen LogP contribution is -2.19. The molecule has 9 heteroatoms. The first kappa shape index (κ1) is 22.1. The number of nitrogens with one attached hydrogen (secondary N) is 1. The van der Waals surface area contributed by atoms with Gasteiger partial charge >= 0.3 is 5.97 Å². The molecule has 0 aliphatic carbocycles. The Morgan fingerprint density at radius 3 is 2.17 bits per heavy atom. The Morgan fingerprint density at radius 1 is 1.07 bits per heavy atom. The molecule has 0 radical (unpaired) electrons. The highest BCUT2D eigenvalue weighted by atomic mass is 32.2. The highest BCUT2D eigenvalue weighted by Gasteiger charge is 2.20. The fraction of sp³-hybridized carbons (Fsp3) is 0.250. The number of carboxylic acids is 1. The molecule has 0 saturated carbocycles. The van der Waals surface area contributed by atoms with Crippen LogP contribution in [0.1, 0.15) is 57.4 Å². The summed E-state index contributed by atoms with van der Waals surface area (Å²) in [5.41, 5.74) is 6.44. The Morgan fingerprint density at radius 2 is 1.69 bits per heavy atom. The lowest BCUT2D eigenvalue weighted by molar-refractivity contribution is 0.0697. The number of rotatable bonds is 6. The summed E-state index contributed by atoms with van der Waals surface area (Å²) in [6, 6.07) is 9.42. The molecule has 152 valence electrons. The van der Waals surface area contributed by atoms with Crippen molar-refractivity contribution in [2.45, 2.75) is 26.2 Å². The summed E-state index contributed by atoms with van der Waals surface area (Å²) in [6.07, 6.45) is 1.66. The second-order valence-electron chi connectivity index (χ2n) is 7.23. The van der Waals surface area contributed by atoms with Crippen molar-refractivity contribution in [3.8, 4) is 0 Å². The molecular weight excluding hydrogens is 392 g/mol. The minimum absolute atomic E-state index is 0.00442. The Bertz CT molecular complexity index is 979. The zero-order valence-electron chi connectivity index (χ0n) is 16.5. The predicted molar refractivity (Wildman–Crippen MR) is 113 cm³/mol. The Balaban J connectivity index is 2.44. The van der Waals surface area contributed by atoms with Gasteiger partial charge in [0.15, 0.2) is 0 Å². The number of hydrogen-bond donors (Lipinski definition) is 3. The number of carbonyl (C=O) groups excluding carboxylic acids is 2. The lowest BCUT2D eigenvalue weighted by atomic mass is 9.86. The first-order valence-corrected chi connectivity index (χ1v) is 9.80. The first-order chi connectivity index (χ1) is 13.5. The smallest absolute Gasteiger partial charge is 0.337 e. The van der Waals surface area contributed by atoms with E-state index in [0.717, 1.165) is 23.6 Å². The molecule has 8 nitrogen and oxygen atoms in total. The normalized spacial score (nSPS) is 11.4. The minimum Gasteiger partial charge on any atom is -0.478 e. The summed E-state index contributed by atoms with van der Waals surface area (Å²) < 4.78 is 3.72. The van der Waals surface area contributed by atoms with Crippen LogP contribution in [0.3, 0.4) is 0 Å². The molecule has 0 fully saturated rings. The molecule has 0 aromatic heterocycles. The summed E-state index contributed by atoms with van der Waals surface area (Å²) in [4.78, 5) is 36.0. The summed E-state index contributed by atoms with van der Waals surface area (Å²) in [5, 5.41) is 15.8.